The molecule has 1 N–H and O–H groups in total. The number of piperidine rings is 1. The molecule has 2 aliphatic heterocycles. The summed E-state index contributed by atoms with van der Waals surface area (Å²) in [6, 6.07) is 12.3. The van der Waals surface area contributed by atoms with Gasteiger partial charge in [-0.05, 0) is 60.6 Å². The number of rotatable bonds is 4. The number of carbonyl (C=O) groups excluding carboxylic acids is 1. The van der Waals surface area contributed by atoms with Crippen LogP contribution in [-0.4, -0.2) is 47.7 Å². The topological polar surface area (TPSA) is 66.8 Å². The molecule has 0 radical (unpaired) electrons. The van der Waals surface area contributed by atoms with E-state index in [1.165, 1.54) is 11.6 Å². The summed E-state index contributed by atoms with van der Waals surface area (Å²) in [4.78, 5) is 25.7. The Balaban J connectivity index is 1.25. The summed E-state index contributed by atoms with van der Waals surface area (Å²) >= 11 is 0. The van der Waals surface area contributed by atoms with Gasteiger partial charge in [0.2, 0.25) is 0 Å². The Kier molecular flexibility index (Phi) is 5.05. The minimum Gasteiger partial charge on any atom is -0.478 e. The first-order valence-electron chi connectivity index (χ1n) is 11.0. The second kappa shape index (κ2) is 7.75. The molecule has 6 heteroatoms. The van der Waals surface area contributed by atoms with Gasteiger partial charge >= 0.3 is 5.97 Å². The van der Waals surface area contributed by atoms with Crippen LogP contribution in [0.5, 0.6) is 0 Å². The van der Waals surface area contributed by atoms with Crippen LogP contribution in [0.4, 0.5) is 4.39 Å². The van der Waals surface area contributed by atoms with Gasteiger partial charge in [-0.25, -0.2) is 9.18 Å². The highest BCUT2D eigenvalue weighted by atomic mass is 19.1. The number of carbonyl (C=O) groups is 2. The van der Waals surface area contributed by atoms with Gasteiger partial charge in [-0.3, -0.25) is 4.79 Å². The minimum atomic E-state index is -1.26. The zero-order chi connectivity index (χ0) is 21.6. The molecule has 5 nitrogen and oxygen atoms in total. The average molecular weight is 423 g/mol. The fourth-order valence-corrected chi connectivity index (χ4v) is 5.34. The van der Waals surface area contributed by atoms with E-state index in [0.717, 1.165) is 45.2 Å². The maximum Gasteiger partial charge on any atom is 0.338 e. The molecule has 3 aliphatic rings. The number of hydrogen-bond acceptors (Lipinski definition) is 3. The number of amides is 1. The maximum atomic E-state index is 14.6. The molecule has 1 saturated carbocycles. The average Bonchev–Trinajstić information content (AvgIpc) is 3.20. The summed E-state index contributed by atoms with van der Waals surface area (Å²) < 4.78 is 20.1. The Bertz CT molecular complexity index is 1000. The molecule has 162 valence electrons. The first-order valence-corrected chi connectivity index (χ1v) is 11.0. The van der Waals surface area contributed by atoms with Gasteiger partial charge in [-0.2, -0.15) is 0 Å². The van der Waals surface area contributed by atoms with Crippen LogP contribution >= 0.6 is 0 Å². The van der Waals surface area contributed by atoms with Crippen molar-refractivity contribution in [2.24, 2.45) is 5.41 Å². The van der Waals surface area contributed by atoms with Crippen molar-refractivity contribution < 1.29 is 23.8 Å². The number of nitrogens with zero attached hydrogens (tertiary/aromatic N) is 1. The van der Waals surface area contributed by atoms with Crippen LogP contribution in [0.3, 0.4) is 0 Å². The summed E-state index contributed by atoms with van der Waals surface area (Å²) in [7, 11) is 0. The summed E-state index contributed by atoms with van der Waals surface area (Å²) in [5, 5.41) is 9.15. The van der Waals surface area contributed by atoms with Crippen LogP contribution in [0.15, 0.2) is 42.5 Å². The molecule has 1 unspecified atom stereocenters. The molecule has 2 atom stereocenters. The predicted molar refractivity (Wildman–Crippen MR) is 113 cm³/mol. The maximum absolute atomic E-state index is 14.6. The van der Waals surface area contributed by atoms with Gasteiger partial charge in [0.05, 0.1) is 5.56 Å². The molecule has 2 saturated heterocycles. The number of hydrogen-bond donors (Lipinski definition) is 1. The SMILES string of the molecule is O=C(O)c1cccc(-c2ccc([C@H]3CC34CCN(C(=O)C3CCCO3)CC4)cc2)c1F. The van der Waals surface area contributed by atoms with E-state index in [4.69, 9.17) is 9.84 Å². The van der Waals surface area contributed by atoms with E-state index in [1.807, 2.05) is 29.2 Å². The van der Waals surface area contributed by atoms with E-state index in [2.05, 4.69) is 0 Å². The van der Waals surface area contributed by atoms with E-state index in [-0.39, 0.29) is 23.0 Å². The largest absolute Gasteiger partial charge is 0.478 e. The molecule has 1 amide bonds. The third kappa shape index (κ3) is 3.63. The number of aromatic carboxylic acids is 1. The van der Waals surface area contributed by atoms with Gasteiger partial charge in [0.25, 0.3) is 5.91 Å². The molecule has 2 heterocycles. The molecule has 1 aliphatic carbocycles. The molecular weight excluding hydrogens is 397 g/mol. The normalized spacial score (nSPS) is 24.4. The number of benzene rings is 2. The monoisotopic (exact) mass is 423 g/mol. The number of halogens is 1. The molecule has 2 aromatic rings. The second-order valence-corrected chi connectivity index (χ2v) is 9.04. The number of ether oxygens (including phenoxy) is 1. The summed E-state index contributed by atoms with van der Waals surface area (Å²) in [5.74, 6) is -1.34. The van der Waals surface area contributed by atoms with E-state index < -0.39 is 11.8 Å². The molecular formula is C25H26FNO4. The van der Waals surface area contributed by atoms with Crippen molar-refractivity contribution in [2.45, 2.75) is 44.1 Å². The van der Waals surface area contributed by atoms with Gasteiger partial charge in [0.1, 0.15) is 11.9 Å². The summed E-state index contributed by atoms with van der Waals surface area (Å²) in [5.41, 5.74) is 2.17. The highest BCUT2D eigenvalue weighted by Crippen LogP contribution is 2.65. The van der Waals surface area contributed by atoms with Gasteiger partial charge in [-0.15, -0.1) is 0 Å². The lowest BCUT2D eigenvalue weighted by molar-refractivity contribution is -0.142. The molecule has 31 heavy (non-hydrogen) atoms. The van der Waals surface area contributed by atoms with Gasteiger partial charge < -0.3 is 14.7 Å². The Hall–Kier alpha value is -2.73. The van der Waals surface area contributed by atoms with Crippen molar-refractivity contribution in [1.82, 2.24) is 4.90 Å². The Morgan fingerprint density at radius 2 is 1.84 bits per heavy atom. The van der Waals surface area contributed by atoms with Gasteiger partial charge in [0.15, 0.2) is 0 Å². The molecule has 0 bridgehead atoms. The van der Waals surface area contributed by atoms with Gasteiger partial charge in [-0.1, -0.05) is 36.4 Å². The summed E-state index contributed by atoms with van der Waals surface area (Å²) in [6.45, 7) is 2.28. The van der Waals surface area contributed by atoms with Crippen molar-refractivity contribution in [3.63, 3.8) is 0 Å². The fourth-order valence-electron chi connectivity index (χ4n) is 5.34. The second-order valence-electron chi connectivity index (χ2n) is 9.04. The Morgan fingerprint density at radius 3 is 2.48 bits per heavy atom. The third-order valence-corrected chi connectivity index (χ3v) is 7.32. The van der Waals surface area contributed by atoms with E-state index in [9.17, 15) is 14.0 Å². The van der Waals surface area contributed by atoms with Crippen LogP contribution < -0.4 is 0 Å². The highest BCUT2D eigenvalue weighted by Gasteiger charge is 2.55. The predicted octanol–water partition coefficient (Wildman–Crippen LogP) is 4.47. The lowest BCUT2D eigenvalue weighted by atomic mass is 9.88. The molecule has 0 aromatic heterocycles. The fraction of sp³-hybridized carbons (Fsp3) is 0.440. The van der Waals surface area contributed by atoms with Crippen LogP contribution in [0.25, 0.3) is 11.1 Å². The first kappa shape index (κ1) is 20.2. The zero-order valence-electron chi connectivity index (χ0n) is 17.4. The molecule has 5 rings (SSSR count). The summed E-state index contributed by atoms with van der Waals surface area (Å²) in [6.07, 6.45) is 4.70. The molecule has 1 spiro atoms. The number of likely N-dealkylation sites (tertiary alicyclic amines) is 1. The van der Waals surface area contributed by atoms with E-state index in [1.54, 1.807) is 12.1 Å². The van der Waals surface area contributed by atoms with Gasteiger partial charge in [0, 0.05) is 25.3 Å². The molecule has 3 fully saturated rings. The van der Waals surface area contributed by atoms with Crippen LogP contribution in [0, 0.1) is 11.2 Å². The van der Waals surface area contributed by atoms with Crippen molar-refractivity contribution >= 4 is 11.9 Å². The smallest absolute Gasteiger partial charge is 0.338 e. The quantitative estimate of drug-likeness (QED) is 0.788. The van der Waals surface area contributed by atoms with E-state index in [0.29, 0.717) is 23.7 Å². The number of carboxylic acid groups (broad SMARTS) is 1. The van der Waals surface area contributed by atoms with Crippen molar-refractivity contribution in [3.8, 4) is 11.1 Å². The zero-order valence-corrected chi connectivity index (χ0v) is 17.4. The standard InChI is InChI=1S/C25H26FNO4/c26-22-18(3-1-4-19(22)24(29)30)16-6-8-17(9-7-16)20-15-25(20)10-12-27(13-11-25)23(28)21-5-2-14-31-21/h1,3-4,6-9,20-21H,2,5,10-15H2,(H,29,30)/t20-,21?/m1/s1. The first-order chi connectivity index (χ1) is 15.0. The van der Waals surface area contributed by atoms with Crippen LogP contribution in [-0.2, 0) is 9.53 Å². The van der Waals surface area contributed by atoms with Crippen molar-refractivity contribution in [3.05, 3.63) is 59.4 Å². The Morgan fingerprint density at radius 1 is 1.10 bits per heavy atom. The lowest BCUT2D eigenvalue weighted by Gasteiger charge is -2.34. The number of carboxylic acids is 1. The van der Waals surface area contributed by atoms with Crippen molar-refractivity contribution in [2.75, 3.05) is 19.7 Å². The molecule has 2 aromatic carbocycles. The lowest BCUT2D eigenvalue weighted by Crippen LogP contribution is -2.44. The van der Waals surface area contributed by atoms with Crippen LogP contribution in [0.2, 0.25) is 0 Å². The highest BCUT2D eigenvalue weighted by molar-refractivity contribution is 5.90. The Labute approximate surface area is 180 Å². The third-order valence-electron chi connectivity index (χ3n) is 7.32. The van der Waals surface area contributed by atoms with Crippen molar-refractivity contribution in [1.29, 1.82) is 0 Å². The van der Waals surface area contributed by atoms with Crippen LogP contribution in [0.1, 0.15) is 53.9 Å². The van der Waals surface area contributed by atoms with E-state index >= 15 is 0 Å². The minimum absolute atomic E-state index is 0.152.